The number of hydrogen-bond donors (Lipinski definition) is 1. The summed E-state index contributed by atoms with van der Waals surface area (Å²) in [5, 5.41) is 6.70. The topological polar surface area (TPSA) is 59.9 Å². The van der Waals surface area contributed by atoms with Crippen LogP contribution in [0.15, 0.2) is 17.6 Å². The van der Waals surface area contributed by atoms with Gasteiger partial charge in [-0.25, -0.2) is 15.0 Å². The van der Waals surface area contributed by atoms with Crippen molar-refractivity contribution in [3.8, 4) is 0 Å². The molecule has 102 valence electrons. The standard InChI is InChI=1S/C12H15ClN4OS/c1-2-18-8-11-16-9(13)7-10(17-11)14-4-3-12-15-5-6-19-12/h5-7H,2-4,8H2,1H3,(H,14,16,17). The maximum Gasteiger partial charge on any atom is 0.158 e. The van der Waals surface area contributed by atoms with Crippen LogP contribution in [0, 0.1) is 0 Å². The van der Waals surface area contributed by atoms with Gasteiger partial charge in [-0.1, -0.05) is 11.6 Å². The van der Waals surface area contributed by atoms with Crippen LogP contribution in [0.5, 0.6) is 0 Å². The predicted octanol–water partition coefficient (Wildman–Crippen LogP) is 2.78. The second kappa shape index (κ2) is 7.37. The number of nitrogens with zero attached hydrogens (tertiary/aromatic N) is 3. The van der Waals surface area contributed by atoms with E-state index in [-0.39, 0.29) is 0 Å². The fourth-order valence-corrected chi connectivity index (χ4v) is 2.31. The summed E-state index contributed by atoms with van der Waals surface area (Å²) >= 11 is 7.60. The molecule has 0 spiro atoms. The Kier molecular flexibility index (Phi) is 5.50. The first-order valence-electron chi connectivity index (χ1n) is 6.01. The average molecular weight is 299 g/mol. The zero-order chi connectivity index (χ0) is 13.5. The first kappa shape index (κ1) is 14.2. The molecule has 7 heteroatoms. The lowest BCUT2D eigenvalue weighted by Crippen LogP contribution is -2.08. The van der Waals surface area contributed by atoms with Gasteiger partial charge >= 0.3 is 0 Å². The van der Waals surface area contributed by atoms with Crippen LogP contribution >= 0.6 is 22.9 Å². The first-order valence-corrected chi connectivity index (χ1v) is 7.27. The Balaban J connectivity index is 1.90. The van der Waals surface area contributed by atoms with Gasteiger partial charge in [-0.3, -0.25) is 0 Å². The minimum absolute atomic E-state index is 0.373. The lowest BCUT2D eigenvalue weighted by atomic mass is 10.4. The van der Waals surface area contributed by atoms with Crippen LogP contribution in [0.2, 0.25) is 5.15 Å². The molecule has 0 fully saturated rings. The second-order valence-electron chi connectivity index (χ2n) is 3.73. The lowest BCUT2D eigenvalue weighted by Gasteiger charge is -2.07. The van der Waals surface area contributed by atoms with Gasteiger partial charge in [-0.2, -0.15) is 0 Å². The molecular formula is C12H15ClN4OS. The molecule has 0 saturated carbocycles. The maximum atomic E-state index is 5.95. The molecule has 2 heterocycles. The number of halogens is 1. The van der Waals surface area contributed by atoms with Crippen molar-refractivity contribution in [3.05, 3.63) is 33.6 Å². The van der Waals surface area contributed by atoms with Crippen LogP contribution in [0.4, 0.5) is 5.82 Å². The Morgan fingerprint density at radius 2 is 2.32 bits per heavy atom. The van der Waals surface area contributed by atoms with Crippen LogP contribution in [-0.2, 0) is 17.8 Å². The molecule has 19 heavy (non-hydrogen) atoms. The third-order valence-corrected chi connectivity index (χ3v) is 3.34. The van der Waals surface area contributed by atoms with Crippen molar-refractivity contribution in [2.45, 2.75) is 20.0 Å². The van der Waals surface area contributed by atoms with Crippen LogP contribution < -0.4 is 5.32 Å². The highest BCUT2D eigenvalue weighted by Crippen LogP contribution is 2.12. The Labute approximate surface area is 121 Å². The van der Waals surface area contributed by atoms with Crippen molar-refractivity contribution >= 4 is 28.8 Å². The predicted molar refractivity (Wildman–Crippen MR) is 76.7 cm³/mol. The third-order valence-electron chi connectivity index (χ3n) is 2.30. The van der Waals surface area contributed by atoms with E-state index in [1.54, 1.807) is 17.4 Å². The summed E-state index contributed by atoms with van der Waals surface area (Å²) in [4.78, 5) is 12.7. The van der Waals surface area contributed by atoms with E-state index in [9.17, 15) is 0 Å². The number of thiazole rings is 1. The number of nitrogens with one attached hydrogen (secondary N) is 1. The van der Waals surface area contributed by atoms with Gasteiger partial charge in [-0.05, 0) is 6.92 Å². The summed E-state index contributed by atoms with van der Waals surface area (Å²) in [6, 6.07) is 1.71. The van der Waals surface area contributed by atoms with E-state index >= 15 is 0 Å². The number of ether oxygens (including phenoxy) is 1. The van der Waals surface area contributed by atoms with Gasteiger partial charge in [0.2, 0.25) is 0 Å². The zero-order valence-electron chi connectivity index (χ0n) is 10.6. The second-order valence-corrected chi connectivity index (χ2v) is 5.10. The highest BCUT2D eigenvalue weighted by molar-refractivity contribution is 7.09. The van der Waals surface area contributed by atoms with E-state index in [1.807, 2.05) is 18.5 Å². The van der Waals surface area contributed by atoms with E-state index in [2.05, 4.69) is 20.3 Å². The van der Waals surface area contributed by atoms with Gasteiger partial charge in [0.25, 0.3) is 0 Å². The fraction of sp³-hybridized carbons (Fsp3) is 0.417. The van der Waals surface area contributed by atoms with Gasteiger partial charge in [0.05, 0.1) is 5.01 Å². The Hall–Kier alpha value is -1.24. The van der Waals surface area contributed by atoms with Crippen LogP contribution in [0.1, 0.15) is 17.8 Å². The number of anilines is 1. The van der Waals surface area contributed by atoms with Gasteiger partial charge in [0.15, 0.2) is 5.82 Å². The van der Waals surface area contributed by atoms with Crippen molar-refractivity contribution in [3.63, 3.8) is 0 Å². The summed E-state index contributed by atoms with van der Waals surface area (Å²) in [6.07, 6.45) is 2.67. The molecule has 2 aromatic heterocycles. The Morgan fingerprint density at radius 1 is 1.42 bits per heavy atom. The monoisotopic (exact) mass is 298 g/mol. The molecule has 0 atom stereocenters. The highest BCUT2D eigenvalue weighted by atomic mass is 35.5. The van der Waals surface area contributed by atoms with Crippen LogP contribution in [-0.4, -0.2) is 28.1 Å². The molecule has 0 saturated heterocycles. The maximum absolute atomic E-state index is 5.95. The van der Waals surface area contributed by atoms with E-state index in [0.29, 0.717) is 30.0 Å². The van der Waals surface area contributed by atoms with Crippen molar-refractivity contribution in [2.24, 2.45) is 0 Å². The van der Waals surface area contributed by atoms with E-state index in [4.69, 9.17) is 16.3 Å². The van der Waals surface area contributed by atoms with Crippen molar-refractivity contribution < 1.29 is 4.74 Å². The quantitative estimate of drug-likeness (QED) is 0.797. The lowest BCUT2D eigenvalue weighted by molar-refractivity contribution is 0.128. The van der Waals surface area contributed by atoms with Crippen molar-refractivity contribution in [2.75, 3.05) is 18.5 Å². The summed E-state index contributed by atoms with van der Waals surface area (Å²) < 4.78 is 5.27. The molecule has 2 rings (SSSR count). The summed E-state index contributed by atoms with van der Waals surface area (Å²) in [5.41, 5.74) is 0. The van der Waals surface area contributed by atoms with Crippen LogP contribution in [0.3, 0.4) is 0 Å². The smallest absolute Gasteiger partial charge is 0.158 e. The Bertz CT molecular complexity index is 506. The molecule has 0 aromatic carbocycles. The molecule has 0 aliphatic heterocycles. The van der Waals surface area contributed by atoms with Gasteiger partial charge in [0, 0.05) is 37.2 Å². The Morgan fingerprint density at radius 3 is 3.05 bits per heavy atom. The van der Waals surface area contributed by atoms with E-state index < -0.39 is 0 Å². The molecule has 0 unspecified atom stereocenters. The molecule has 0 amide bonds. The van der Waals surface area contributed by atoms with E-state index in [1.165, 1.54) is 0 Å². The third kappa shape index (κ3) is 4.74. The SMILES string of the molecule is CCOCc1nc(Cl)cc(NCCc2nccs2)n1. The molecule has 0 aliphatic carbocycles. The molecule has 0 bridgehead atoms. The minimum Gasteiger partial charge on any atom is -0.374 e. The van der Waals surface area contributed by atoms with Crippen molar-refractivity contribution in [1.82, 2.24) is 15.0 Å². The molecule has 1 N–H and O–H groups in total. The molecule has 5 nitrogen and oxygen atoms in total. The normalized spacial score (nSPS) is 10.6. The number of hydrogen-bond acceptors (Lipinski definition) is 6. The van der Waals surface area contributed by atoms with Crippen LogP contribution in [0.25, 0.3) is 0 Å². The largest absolute Gasteiger partial charge is 0.374 e. The molecule has 0 aliphatic rings. The highest BCUT2D eigenvalue weighted by Gasteiger charge is 2.03. The van der Waals surface area contributed by atoms with Crippen molar-refractivity contribution in [1.29, 1.82) is 0 Å². The summed E-state index contributed by atoms with van der Waals surface area (Å²) in [5.74, 6) is 1.30. The first-order chi connectivity index (χ1) is 9.28. The van der Waals surface area contributed by atoms with Gasteiger partial charge < -0.3 is 10.1 Å². The molecular weight excluding hydrogens is 284 g/mol. The average Bonchev–Trinajstić information content (AvgIpc) is 2.89. The summed E-state index contributed by atoms with van der Waals surface area (Å²) in [6.45, 7) is 3.69. The molecule has 2 aromatic rings. The fourth-order valence-electron chi connectivity index (χ4n) is 1.49. The van der Waals surface area contributed by atoms with Gasteiger partial charge in [-0.15, -0.1) is 11.3 Å². The van der Waals surface area contributed by atoms with Gasteiger partial charge in [0.1, 0.15) is 17.6 Å². The zero-order valence-corrected chi connectivity index (χ0v) is 12.2. The summed E-state index contributed by atoms with van der Waals surface area (Å²) in [7, 11) is 0. The number of rotatable bonds is 7. The van der Waals surface area contributed by atoms with E-state index in [0.717, 1.165) is 18.0 Å². The number of aromatic nitrogens is 3. The minimum atomic E-state index is 0.373. The molecule has 0 radical (unpaired) electrons.